The summed E-state index contributed by atoms with van der Waals surface area (Å²) in [5.41, 5.74) is 1.20. The van der Waals surface area contributed by atoms with Crippen LogP contribution in [0.5, 0.6) is 0 Å². The maximum absolute atomic E-state index is 12.9. The van der Waals surface area contributed by atoms with Crippen molar-refractivity contribution < 1.29 is 14.0 Å². The van der Waals surface area contributed by atoms with Gasteiger partial charge in [0.1, 0.15) is 11.5 Å². The van der Waals surface area contributed by atoms with Crippen molar-refractivity contribution >= 4 is 11.9 Å². The summed E-state index contributed by atoms with van der Waals surface area (Å²) in [4.78, 5) is 27.1. The molecule has 3 amide bonds. The highest BCUT2D eigenvalue weighted by Gasteiger charge is 2.37. The number of aryl methyl sites for hydroxylation is 1. The zero-order valence-corrected chi connectivity index (χ0v) is 16.6. The standard InChI is InChI=1S/C21H31N3O3/c1-13-9-16-17(10-21(2,3)11-18(16)27-13)23-20(26)24-8-4-5-14(12-24)19(25)22-15-6-7-15/h9,14-15,17H,4-8,10-12H2,1-3H3,(H,22,25)(H,23,26). The number of carbonyl (C=O) groups is 2. The van der Waals surface area contributed by atoms with Gasteiger partial charge in [0.25, 0.3) is 0 Å². The maximum Gasteiger partial charge on any atom is 0.317 e. The number of rotatable bonds is 3. The molecule has 148 valence electrons. The topological polar surface area (TPSA) is 74.6 Å². The minimum Gasteiger partial charge on any atom is -0.466 e. The van der Waals surface area contributed by atoms with Gasteiger partial charge >= 0.3 is 6.03 Å². The number of amides is 3. The van der Waals surface area contributed by atoms with Crippen LogP contribution in [0.25, 0.3) is 0 Å². The van der Waals surface area contributed by atoms with Crippen LogP contribution in [0.4, 0.5) is 4.79 Å². The van der Waals surface area contributed by atoms with Gasteiger partial charge in [-0.2, -0.15) is 0 Å². The Morgan fingerprint density at radius 2 is 2.00 bits per heavy atom. The predicted molar refractivity (Wildman–Crippen MR) is 102 cm³/mol. The lowest BCUT2D eigenvalue weighted by Gasteiger charge is -2.37. The molecule has 2 N–H and O–H groups in total. The van der Waals surface area contributed by atoms with Crippen molar-refractivity contribution in [2.75, 3.05) is 13.1 Å². The first-order valence-corrected chi connectivity index (χ1v) is 10.3. The van der Waals surface area contributed by atoms with E-state index in [1.807, 2.05) is 11.8 Å². The van der Waals surface area contributed by atoms with Crippen LogP contribution in [0.2, 0.25) is 0 Å². The molecule has 1 aliphatic heterocycles. The Hall–Kier alpha value is -1.98. The Bertz CT molecular complexity index is 735. The van der Waals surface area contributed by atoms with Gasteiger partial charge in [0, 0.05) is 31.1 Å². The highest BCUT2D eigenvalue weighted by atomic mass is 16.3. The number of piperidine rings is 1. The molecule has 6 nitrogen and oxygen atoms in total. The normalized spacial score (nSPS) is 27.0. The largest absolute Gasteiger partial charge is 0.466 e. The summed E-state index contributed by atoms with van der Waals surface area (Å²) >= 11 is 0. The quantitative estimate of drug-likeness (QED) is 0.854. The van der Waals surface area contributed by atoms with E-state index in [0.29, 0.717) is 19.1 Å². The molecule has 2 fully saturated rings. The van der Waals surface area contributed by atoms with Crippen molar-refractivity contribution in [1.29, 1.82) is 0 Å². The van der Waals surface area contributed by atoms with Gasteiger partial charge in [-0.3, -0.25) is 4.79 Å². The van der Waals surface area contributed by atoms with E-state index in [9.17, 15) is 9.59 Å². The first kappa shape index (κ1) is 18.4. The molecule has 6 heteroatoms. The van der Waals surface area contributed by atoms with E-state index < -0.39 is 0 Å². The number of nitrogens with one attached hydrogen (secondary N) is 2. The van der Waals surface area contributed by atoms with Gasteiger partial charge in [-0.05, 0) is 50.5 Å². The van der Waals surface area contributed by atoms with Crippen molar-refractivity contribution in [3.63, 3.8) is 0 Å². The molecule has 2 atom stereocenters. The van der Waals surface area contributed by atoms with Crippen molar-refractivity contribution in [2.24, 2.45) is 11.3 Å². The van der Waals surface area contributed by atoms with Crippen LogP contribution in [-0.4, -0.2) is 36.0 Å². The number of hydrogen-bond acceptors (Lipinski definition) is 3. The zero-order valence-electron chi connectivity index (χ0n) is 16.6. The second kappa shape index (κ2) is 6.88. The lowest BCUT2D eigenvalue weighted by atomic mass is 9.75. The average Bonchev–Trinajstić information content (AvgIpc) is 3.33. The summed E-state index contributed by atoms with van der Waals surface area (Å²) in [6.07, 6.45) is 5.71. The minimum atomic E-state index is -0.0837. The van der Waals surface area contributed by atoms with Crippen LogP contribution in [-0.2, 0) is 11.2 Å². The van der Waals surface area contributed by atoms with Crippen LogP contribution in [0, 0.1) is 18.3 Å². The molecule has 1 aromatic heterocycles. The van der Waals surface area contributed by atoms with Gasteiger partial charge < -0.3 is 20.0 Å². The van der Waals surface area contributed by atoms with Gasteiger partial charge in [0.15, 0.2) is 0 Å². The predicted octanol–water partition coefficient (Wildman–Crippen LogP) is 3.30. The van der Waals surface area contributed by atoms with E-state index >= 15 is 0 Å². The Balaban J connectivity index is 1.41. The van der Waals surface area contributed by atoms with Crippen molar-refractivity contribution in [3.05, 3.63) is 23.2 Å². The molecule has 0 aromatic carbocycles. The smallest absolute Gasteiger partial charge is 0.317 e. The molecule has 3 aliphatic rings. The van der Waals surface area contributed by atoms with E-state index in [1.54, 1.807) is 0 Å². The molecule has 1 saturated carbocycles. The molecule has 0 spiro atoms. The van der Waals surface area contributed by atoms with Crippen LogP contribution in [0.1, 0.15) is 69.1 Å². The number of carbonyl (C=O) groups excluding carboxylic acids is 2. The van der Waals surface area contributed by atoms with Crippen molar-refractivity contribution in [2.45, 2.75) is 71.4 Å². The Morgan fingerprint density at radius 3 is 2.74 bits per heavy atom. The van der Waals surface area contributed by atoms with Gasteiger partial charge in [-0.25, -0.2) is 4.79 Å². The number of nitrogens with zero attached hydrogens (tertiary/aromatic N) is 1. The van der Waals surface area contributed by atoms with Crippen LogP contribution in [0.3, 0.4) is 0 Å². The highest BCUT2D eigenvalue weighted by molar-refractivity contribution is 5.81. The molecule has 2 heterocycles. The average molecular weight is 373 g/mol. The summed E-state index contributed by atoms with van der Waals surface area (Å²) in [6, 6.07) is 2.33. The van der Waals surface area contributed by atoms with Crippen molar-refractivity contribution in [3.8, 4) is 0 Å². The van der Waals surface area contributed by atoms with Gasteiger partial charge in [-0.1, -0.05) is 13.8 Å². The molecule has 2 aliphatic carbocycles. The second-order valence-corrected chi connectivity index (χ2v) is 9.35. The van der Waals surface area contributed by atoms with Crippen LogP contribution < -0.4 is 10.6 Å². The lowest BCUT2D eigenvalue weighted by Crippen LogP contribution is -2.50. The molecule has 2 unspecified atom stereocenters. The van der Waals surface area contributed by atoms with E-state index in [1.165, 1.54) is 0 Å². The number of hydrogen-bond donors (Lipinski definition) is 2. The maximum atomic E-state index is 12.9. The summed E-state index contributed by atoms with van der Waals surface area (Å²) in [6.45, 7) is 7.61. The number of likely N-dealkylation sites (tertiary alicyclic amines) is 1. The summed E-state index contributed by atoms with van der Waals surface area (Å²) in [5, 5.41) is 6.30. The molecule has 0 radical (unpaired) electrons. The van der Waals surface area contributed by atoms with E-state index in [0.717, 1.165) is 55.6 Å². The number of furan rings is 1. The molecule has 1 saturated heterocycles. The van der Waals surface area contributed by atoms with Crippen LogP contribution >= 0.6 is 0 Å². The van der Waals surface area contributed by atoms with Gasteiger partial charge in [0.2, 0.25) is 5.91 Å². The minimum absolute atomic E-state index is 0.0330. The molecule has 4 rings (SSSR count). The molecular weight excluding hydrogens is 342 g/mol. The van der Waals surface area contributed by atoms with E-state index in [4.69, 9.17) is 4.42 Å². The fraction of sp³-hybridized carbons (Fsp3) is 0.714. The Kier molecular flexibility index (Phi) is 4.68. The summed E-state index contributed by atoms with van der Waals surface area (Å²) < 4.78 is 5.87. The van der Waals surface area contributed by atoms with E-state index in [-0.39, 0.29) is 29.3 Å². The Morgan fingerprint density at radius 1 is 1.22 bits per heavy atom. The number of urea groups is 1. The number of fused-ring (bicyclic) bond motifs is 1. The summed E-state index contributed by atoms with van der Waals surface area (Å²) in [5.74, 6) is 1.92. The molecular formula is C21H31N3O3. The van der Waals surface area contributed by atoms with Crippen LogP contribution in [0.15, 0.2) is 10.5 Å². The zero-order chi connectivity index (χ0) is 19.2. The van der Waals surface area contributed by atoms with E-state index in [2.05, 4.69) is 30.5 Å². The third-order valence-corrected chi connectivity index (χ3v) is 6.04. The third kappa shape index (κ3) is 4.14. The monoisotopic (exact) mass is 373 g/mol. The first-order chi connectivity index (χ1) is 12.8. The van der Waals surface area contributed by atoms with Gasteiger partial charge in [-0.15, -0.1) is 0 Å². The third-order valence-electron chi connectivity index (χ3n) is 6.04. The fourth-order valence-corrected chi connectivity index (χ4v) is 4.48. The first-order valence-electron chi connectivity index (χ1n) is 10.3. The molecule has 27 heavy (non-hydrogen) atoms. The van der Waals surface area contributed by atoms with Crippen molar-refractivity contribution in [1.82, 2.24) is 15.5 Å². The van der Waals surface area contributed by atoms with Gasteiger partial charge in [0.05, 0.1) is 12.0 Å². The molecule has 0 bridgehead atoms. The lowest BCUT2D eigenvalue weighted by molar-refractivity contribution is -0.126. The SMILES string of the molecule is Cc1cc2c(o1)CC(C)(C)CC2NC(=O)N1CCCC(C(=O)NC2CC2)C1. The fourth-order valence-electron chi connectivity index (χ4n) is 4.48. The summed E-state index contributed by atoms with van der Waals surface area (Å²) in [7, 11) is 0. The second-order valence-electron chi connectivity index (χ2n) is 9.35. The highest BCUT2D eigenvalue weighted by Crippen LogP contribution is 2.42. The Labute approximate surface area is 161 Å². The molecule has 1 aromatic rings.